The highest BCUT2D eigenvalue weighted by Crippen LogP contribution is 2.28. The van der Waals surface area contributed by atoms with E-state index in [1.54, 1.807) is 0 Å². The summed E-state index contributed by atoms with van der Waals surface area (Å²) in [5.41, 5.74) is 8.16. The molecule has 0 spiro atoms. The van der Waals surface area contributed by atoms with Crippen LogP contribution in [0, 0.1) is 0 Å². The molecule has 0 saturated heterocycles. The molecule has 0 unspecified atom stereocenters. The van der Waals surface area contributed by atoms with E-state index in [-0.39, 0.29) is 12.1 Å². The lowest BCUT2D eigenvalue weighted by Crippen LogP contribution is -2.24. The Morgan fingerprint density at radius 3 is 2.50 bits per heavy atom. The molecule has 0 heterocycles. The quantitative estimate of drug-likeness (QED) is 0.875. The number of hydrogen-bond acceptors (Lipinski definition) is 3. The van der Waals surface area contributed by atoms with Gasteiger partial charge in [0, 0.05) is 24.1 Å². The van der Waals surface area contributed by atoms with E-state index in [0.717, 1.165) is 28.9 Å². The fourth-order valence-electron chi connectivity index (χ4n) is 1.66. The van der Waals surface area contributed by atoms with Crippen LogP contribution in [-0.2, 0) is 4.74 Å². The Morgan fingerprint density at radius 2 is 2.00 bits per heavy atom. The first-order valence-corrected chi connectivity index (χ1v) is 7.09. The monoisotopic (exact) mass is 314 g/mol. The van der Waals surface area contributed by atoms with E-state index in [1.165, 1.54) is 0 Å². The lowest BCUT2D eigenvalue weighted by atomic mass is 10.1. The van der Waals surface area contributed by atoms with E-state index in [1.807, 2.05) is 20.8 Å². The molecule has 102 valence electrons. The summed E-state index contributed by atoms with van der Waals surface area (Å²) >= 11 is 3.60. The van der Waals surface area contributed by atoms with Crippen molar-refractivity contribution in [2.24, 2.45) is 5.73 Å². The standard InChI is InChI=1S/C14H23BrN2O/c1-10(2)18-8-7-17(4)14-6-5-12(11(3)16)9-13(14)15/h5-6,9-11H,7-8,16H2,1-4H3/t11-/m0/s1. The Bertz CT molecular complexity index is 380. The minimum atomic E-state index is 0.0601. The van der Waals surface area contributed by atoms with Gasteiger partial charge in [-0.15, -0.1) is 0 Å². The Morgan fingerprint density at radius 1 is 1.33 bits per heavy atom. The highest BCUT2D eigenvalue weighted by molar-refractivity contribution is 9.10. The van der Waals surface area contributed by atoms with Gasteiger partial charge in [0.1, 0.15) is 0 Å². The van der Waals surface area contributed by atoms with Crippen molar-refractivity contribution in [2.75, 3.05) is 25.1 Å². The number of benzene rings is 1. The molecule has 0 aliphatic heterocycles. The molecule has 1 rings (SSSR count). The second-order valence-electron chi connectivity index (χ2n) is 4.84. The molecule has 0 bridgehead atoms. The molecule has 0 aromatic heterocycles. The molecule has 18 heavy (non-hydrogen) atoms. The molecule has 0 radical (unpaired) electrons. The molecule has 3 nitrogen and oxygen atoms in total. The summed E-state index contributed by atoms with van der Waals surface area (Å²) < 4.78 is 6.63. The van der Waals surface area contributed by atoms with Gasteiger partial charge >= 0.3 is 0 Å². The van der Waals surface area contributed by atoms with Gasteiger partial charge in [-0.1, -0.05) is 6.07 Å². The molecular formula is C14H23BrN2O. The molecule has 1 aromatic carbocycles. The van der Waals surface area contributed by atoms with Crippen LogP contribution in [0.1, 0.15) is 32.4 Å². The van der Waals surface area contributed by atoms with Gasteiger partial charge < -0.3 is 15.4 Å². The summed E-state index contributed by atoms with van der Waals surface area (Å²) in [6.45, 7) is 7.69. The normalized spacial score (nSPS) is 12.8. The molecule has 1 aromatic rings. The van der Waals surface area contributed by atoms with Gasteiger partial charge in [0.25, 0.3) is 0 Å². The van der Waals surface area contributed by atoms with Crippen LogP contribution in [-0.4, -0.2) is 26.3 Å². The minimum Gasteiger partial charge on any atom is -0.377 e. The van der Waals surface area contributed by atoms with Gasteiger partial charge in [0.05, 0.1) is 18.4 Å². The lowest BCUT2D eigenvalue weighted by molar-refractivity contribution is 0.0846. The van der Waals surface area contributed by atoms with Crippen LogP contribution in [0.2, 0.25) is 0 Å². The van der Waals surface area contributed by atoms with E-state index in [2.05, 4.69) is 46.1 Å². The molecular weight excluding hydrogens is 292 g/mol. The zero-order valence-corrected chi connectivity index (χ0v) is 13.2. The third-order valence-electron chi connectivity index (χ3n) is 2.79. The summed E-state index contributed by atoms with van der Waals surface area (Å²) in [7, 11) is 2.06. The average molecular weight is 315 g/mol. The Labute approximate surface area is 118 Å². The summed E-state index contributed by atoms with van der Waals surface area (Å²) in [6.07, 6.45) is 0.280. The van der Waals surface area contributed by atoms with E-state index in [9.17, 15) is 0 Å². The molecule has 0 aliphatic carbocycles. The molecule has 0 saturated carbocycles. The number of rotatable bonds is 6. The predicted octanol–water partition coefficient (Wildman–Crippen LogP) is 3.33. The molecule has 1 atom stereocenters. The minimum absolute atomic E-state index is 0.0601. The van der Waals surface area contributed by atoms with E-state index >= 15 is 0 Å². The van der Waals surface area contributed by atoms with Crippen LogP contribution < -0.4 is 10.6 Å². The zero-order chi connectivity index (χ0) is 13.7. The SMILES string of the molecule is CC(C)OCCN(C)c1ccc([C@H](C)N)cc1Br. The van der Waals surface area contributed by atoms with Gasteiger partial charge in [-0.05, 0) is 54.4 Å². The van der Waals surface area contributed by atoms with Gasteiger partial charge in [-0.25, -0.2) is 0 Å². The largest absolute Gasteiger partial charge is 0.377 e. The van der Waals surface area contributed by atoms with Crippen molar-refractivity contribution in [3.8, 4) is 0 Å². The van der Waals surface area contributed by atoms with Crippen molar-refractivity contribution in [2.45, 2.75) is 32.9 Å². The first kappa shape index (κ1) is 15.5. The maximum absolute atomic E-state index is 5.87. The second-order valence-corrected chi connectivity index (χ2v) is 5.69. The number of anilines is 1. The smallest absolute Gasteiger partial charge is 0.0644 e. The number of nitrogens with zero attached hydrogens (tertiary/aromatic N) is 1. The molecule has 2 N–H and O–H groups in total. The zero-order valence-electron chi connectivity index (χ0n) is 11.6. The first-order valence-electron chi connectivity index (χ1n) is 6.29. The van der Waals surface area contributed by atoms with E-state index < -0.39 is 0 Å². The van der Waals surface area contributed by atoms with Crippen LogP contribution in [0.4, 0.5) is 5.69 Å². The predicted molar refractivity (Wildman–Crippen MR) is 81.1 cm³/mol. The maximum Gasteiger partial charge on any atom is 0.0644 e. The van der Waals surface area contributed by atoms with Crippen LogP contribution in [0.3, 0.4) is 0 Å². The Kier molecular flexibility index (Phi) is 6.12. The molecule has 0 aliphatic rings. The summed E-state index contributed by atoms with van der Waals surface area (Å²) in [5, 5.41) is 0. The van der Waals surface area contributed by atoms with E-state index in [0.29, 0.717) is 0 Å². The lowest BCUT2D eigenvalue weighted by Gasteiger charge is -2.22. The second kappa shape index (κ2) is 7.12. The van der Waals surface area contributed by atoms with Crippen molar-refractivity contribution >= 4 is 21.6 Å². The van der Waals surface area contributed by atoms with Crippen molar-refractivity contribution < 1.29 is 4.74 Å². The number of ether oxygens (including phenoxy) is 1. The van der Waals surface area contributed by atoms with E-state index in [4.69, 9.17) is 10.5 Å². The molecule has 4 heteroatoms. The number of hydrogen-bond donors (Lipinski definition) is 1. The highest BCUT2D eigenvalue weighted by atomic mass is 79.9. The third kappa shape index (κ3) is 4.59. The van der Waals surface area contributed by atoms with Crippen molar-refractivity contribution in [1.29, 1.82) is 0 Å². The number of halogens is 1. The highest BCUT2D eigenvalue weighted by Gasteiger charge is 2.08. The van der Waals surface area contributed by atoms with Gasteiger partial charge in [-0.2, -0.15) is 0 Å². The number of likely N-dealkylation sites (N-methyl/N-ethyl adjacent to an activating group) is 1. The maximum atomic E-state index is 5.87. The van der Waals surface area contributed by atoms with Crippen LogP contribution >= 0.6 is 15.9 Å². The molecule has 0 amide bonds. The van der Waals surface area contributed by atoms with Gasteiger partial charge in [0.15, 0.2) is 0 Å². The summed E-state index contributed by atoms with van der Waals surface area (Å²) in [6, 6.07) is 6.31. The van der Waals surface area contributed by atoms with Crippen molar-refractivity contribution in [3.05, 3.63) is 28.2 Å². The molecule has 0 fully saturated rings. The fraction of sp³-hybridized carbons (Fsp3) is 0.571. The third-order valence-corrected chi connectivity index (χ3v) is 3.42. The van der Waals surface area contributed by atoms with Crippen LogP contribution in [0.5, 0.6) is 0 Å². The first-order chi connectivity index (χ1) is 8.41. The van der Waals surface area contributed by atoms with Crippen molar-refractivity contribution in [3.63, 3.8) is 0 Å². The average Bonchev–Trinajstić information content (AvgIpc) is 2.27. The van der Waals surface area contributed by atoms with Gasteiger partial charge in [-0.3, -0.25) is 0 Å². The Hall–Kier alpha value is -0.580. The Balaban J connectivity index is 2.65. The van der Waals surface area contributed by atoms with Crippen LogP contribution in [0.15, 0.2) is 22.7 Å². The van der Waals surface area contributed by atoms with Gasteiger partial charge in [0.2, 0.25) is 0 Å². The van der Waals surface area contributed by atoms with Crippen LogP contribution in [0.25, 0.3) is 0 Å². The summed E-state index contributed by atoms with van der Waals surface area (Å²) in [5.74, 6) is 0. The fourth-order valence-corrected chi connectivity index (χ4v) is 2.36. The number of nitrogens with two attached hydrogens (primary N) is 1. The summed E-state index contributed by atoms with van der Waals surface area (Å²) in [4.78, 5) is 2.18. The topological polar surface area (TPSA) is 38.5 Å². The van der Waals surface area contributed by atoms with Crippen molar-refractivity contribution in [1.82, 2.24) is 0 Å².